The quantitative estimate of drug-likeness (QED) is 0.632. The largest absolute Gasteiger partial charge is 0.383 e. The number of carbonyl (C=O) groups is 1. The fourth-order valence-corrected chi connectivity index (χ4v) is 4.20. The Morgan fingerprint density at radius 3 is 2.52 bits per heavy atom. The summed E-state index contributed by atoms with van der Waals surface area (Å²) in [4.78, 5) is 15.3. The van der Waals surface area contributed by atoms with Crippen molar-refractivity contribution in [3.63, 3.8) is 0 Å². The SMILES string of the molecule is C=Cc1c(/C=C\C)c(C2C(C)c3ccccc3C(=O)N2CCOC)cn1C.CC. The monoisotopic (exact) mass is 394 g/mol. The first-order valence-electron chi connectivity index (χ1n) is 10.4. The van der Waals surface area contributed by atoms with E-state index in [9.17, 15) is 4.79 Å². The Balaban J connectivity index is 0.00000145. The van der Waals surface area contributed by atoms with Crippen molar-refractivity contribution in [2.24, 2.45) is 7.05 Å². The van der Waals surface area contributed by atoms with E-state index in [1.807, 2.05) is 63.1 Å². The van der Waals surface area contributed by atoms with E-state index < -0.39 is 0 Å². The minimum Gasteiger partial charge on any atom is -0.383 e. The van der Waals surface area contributed by atoms with Crippen molar-refractivity contribution in [3.05, 3.63) is 71.1 Å². The predicted molar refractivity (Wildman–Crippen MR) is 122 cm³/mol. The summed E-state index contributed by atoms with van der Waals surface area (Å²) in [5.41, 5.74) is 5.24. The third-order valence-corrected chi connectivity index (χ3v) is 5.43. The van der Waals surface area contributed by atoms with E-state index in [0.717, 1.165) is 27.9 Å². The van der Waals surface area contributed by atoms with Crippen molar-refractivity contribution in [2.45, 2.75) is 39.7 Å². The van der Waals surface area contributed by atoms with E-state index >= 15 is 0 Å². The van der Waals surface area contributed by atoms with E-state index in [-0.39, 0.29) is 17.9 Å². The standard InChI is InChI=1S/C23H28N2O2.C2H6/c1-6-10-18-20(15-24(4)21(18)7-2)22-16(3)17-11-8-9-12-19(17)23(26)25(22)13-14-27-5;1-2/h6-12,15-16,22H,2,13-14H2,1,3-5H3;1-2H3/b10-6-;. The molecule has 1 aromatic heterocycles. The van der Waals surface area contributed by atoms with Crippen LogP contribution in [-0.2, 0) is 11.8 Å². The van der Waals surface area contributed by atoms with Gasteiger partial charge in [0, 0.05) is 55.2 Å². The van der Waals surface area contributed by atoms with Crippen LogP contribution in [0.2, 0.25) is 0 Å². The van der Waals surface area contributed by atoms with Crippen LogP contribution >= 0.6 is 0 Å². The number of aromatic nitrogens is 1. The van der Waals surface area contributed by atoms with Gasteiger partial charge in [0.25, 0.3) is 5.91 Å². The van der Waals surface area contributed by atoms with E-state index in [4.69, 9.17) is 4.74 Å². The van der Waals surface area contributed by atoms with Crippen LogP contribution in [0, 0.1) is 0 Å². The van der Waals surface area contributed by atoms with E-state index in [0.29, 0.717) is 13.2 Å². The molecule has 0 fully saturated rings. The first kappa shape index (κ1) is 22.7. The number of carbonyl (C=O) groups excluding carboxylic acids is 1. The number of hydrogen-bond acceptors (Lipinski definition) is 2. The summed E-state index contributed by atoms with van der Waals surface area (Å²) < 4.78 is 7.39. The van der Waals surface area contributed by atoms with Gasteiger partial charge in [-0.25, -0.2) is 0 Å². The van der Waals surface area contributed by atoms with Crippen LogP contribution in [0.4, 0.5) is 0 Å². The van der Waals surface area contributed by atoms with Gasteiger partial charge in [-0.2, -0.15) is 0 Å². The van der Waals surface area contributed by atoms with Crippen molar-refractivity contribution < 1.29 is 9.53 Å². The van der Waals surface area contributed by atoms with Crippen molar-refractivity contribution in [2.75, 3.05) is 20.3 Å². The summed E-state index contributed by atoms with van der Waals surface area (Å²) in [5.74, 6) is 0.251. The zero-order valence-electron chi connectivity index (χ0n) is 18.6. The fourth-order valence-electron chi connectivity index (χ4n) is 4.20. The summed E-state index contributed by atoms with van der Waals surface area (Å²) in [6, 6.07) is 7.90. The number of amides is 1. The Bertz CT molecular complexity index is 879. The number of rotatable bonds is 6. The second kappa shape index (κ2) is 10.3. The third kappa shape index (κ3) is 4.23. The molecule has 0 bridgehead atoms. The van der Waals surface area contributed by atoms with Gasteiger partial charge in [0.15, 0.2) is 0 Å². The second-order valence-electron chi connectivity index (χ2n) is 7.01. The van der Waals surface area contributed by atoms with Gasteiger partial charge in [0.2, 0.25) is 0 Å². The number of fused-ring (bicyclic) bond motifs is 1. The second-order valence-corrected chi connectivity index (χ2v) is 7.01. The number of nitrogens with zero attached hydrogens (tertiary/aromatic N) is 2. The third-order valence-electron chi connectivity index (χ3n) is 5.43. The molecule has 0 saturated carbocycles. The number of methoxy groups -OCH3 is 1. The van der Waals surface area contributed by atoms with Gasteiger partial charge in [-0.1, -0.05) is 57.7 Å². The topological polar surface area (TPSA) is 34.5 Å². The van der Waals surface area contributed by atoms with Crippen LogP contribution < -0.4 is 0 Å². The molecule has 4 heteroatoms. The lowest BCUT2D eigenvalue weighted by atomic mass is 9.80. The Morgan fingerprint density at radius 1 is 1.21 bits per heavy atom. The molecule has 2 atom stereocenters. The minimum absolute atomic E-state index is 0.0475. The first-order chi connectivity index (χ1) is 14.0. The molecule has 1 aromatic carbocycles. The van der Waals surface area contributed by atoms with Gasteiger partial charge in [-0.3, -0.25) is 4.79 Å². The van der Waals surface area contributed by atoms with Gasteiger partial charge in [0.1, 0.15) is 0 Å². The molecule has 1 aliphatic rings. The summed E-state index contributed by atoms with van der Waals surface area (Å²) >= 11 is 0. The van der Waals surface area contributed by atoms with Crippen LogP contribution in [-0.4, -0.2) is 35.6 Å². The molecule has 0 aliphatic carbocycles. The number of ether oxygens (including phenoxy) is 1. The van der Waals surface area contributed by atoms with Crippen molar-refractivity contribution >= 4 is 18.1 Å². The number of benzene rings is 1. The normalized spacial score (nSPS) is 18.4. The minimum atomic E-state index is -0.0475. The smallest absolute Gasteiger partial charge is 0.254 e. The van der Waals surface area contributed by atoms with Gasteiger partial charge in [-0.15, -0.1) is 0 Å². The molecule has 2 heterocycles. The van der Waals surface area contributed by atoms with E-state index in [1.165, 1.54) is 0 Å². The average Bonchev–Trinajstić information content (AvgIpc) is 3.06. The number of allylic oxidation sites excluding steroid dienone is 1. The van der Waals surface area contributed by atoms with Crippen LogP contribution in [0.15, 0.2) is 43.1 Å². The number of hydrogen-bond donors (Lipinski definition) is 0. The molecular formula is C25H34N2O2. The maximum atomic E-state index is 13.3. The zero-order valence-corrected chi connectivity index (χ0v) is 18.6. The summed E-state index contributed by atoms with van der Waals surface area (Å²) in [6.07, 6.45) is 8.16. The molecule has 29 heavy (non-hydrogen) atoms. The predicted octanol–water partition coefficient (Wildman–Crippen LogP) is 5.67. The lowest BCUT2D eigenvalue weighted by Gasteiger charge is -2.41. The van der Waals surface area contributed by atoms with E-state index in [1.54, 1.807) is 7.11 Å². The highest BCUT2D eigenvalue weighted by molar-refractivity contribution is 5.97. The molecule has 0 N–H and O–H groups in total. The zero-order chi connectivity index (χ0) is 21.6. The van der Waals surface area contributed by atoms with E-state index in [2.05, 4.69) is 36.4 Å². The Morgan fingerprint density at radius 2 is 1.90 bits per heavy atom. The molecule has 0 radical (unpaired) electrons. The summed E-state index contributed by atoms with van der Waals surface area (Å²) in [5, 5.41) is 0. The molecule has 1 aliphatic heterocycles. The van der Waals surface area contributed by atoms with Gasteiger partial charge in [-0.05, 0) is 24.6 Å². The number of aryl methyl sites for hydroxylation is 1. The molecule has 2 aromatic rings. The fraction of sp³-hybridized carbons (Fsp3) is 0.400. The average molecular weight is 395 g/mol. The van der Waals surface area contributed by atoms with Crippen LogP contribution in [0.25, 0.3) is 12.2 Å². The maximum absolute atomic E-state index is 13.3. The maximum Gasteiger partial charge on any atom is 0.254 e. The van der Waals surface area contributed by atoms with Gasteiger partial charge < -0.3 is 14.2 Å². The summed E-state index contributed by atoms with van der Waals surface area (Å²) in [6.45, 7) is 13.3. The molecule has 1 amide bonds. The molecular weight excluding hydrogens is 360 g/mol. The Hall–Kier alpha value is -2.59. The van der Waals surface area contributed by atoms with Crippen molar-refractivity contribution in [1.29, 1.82) is 0 Å². The molecule has 2 unspecified atom stereocenters. The van der Waals surface area contributed by atoms with Crippen LogP contribution in [0.1, 0.15) is 72.4 Å². The molecule has 4 nitrogen and oxygen atoms in total. The first-order valence-corrected chi connectivity index (χ1v) is 10.4. The summed E-state index contributed by atoms with van der Waals surface area (Å²) in [7, 11) is 3.70. The van der Waals surface area contributed by atoms with Gasteiger partial charge >= 0.3 is 0 Å². The highest BCUT2D eigenvalue weighted by atomic mass is 16.5. The van der Waals surface area contributed by atoms with Crippen molar-refractivity contribution in [3.8, 4) is 0 Å². The molecule has 0 spiro atoms. The lowest BCUT2D eigenvalue weighted by Crippen LogP contribution is -2.43. The Labute approximate surface area is 175 Å². The highest BCUT2D eigenvalue weighted by Crippen LogP contribution is 2.44. The van der Waals surface area contributed by atoms with Crippen molar-refractivity contribution in [1.82, 2.24) is 9.47 Å². The van der Waals surface area contributed by atoms with Gasteiger partial charge in [0.05, 0.1) is 12.6 Å². The molecule has 3 rings (SSSR count). The Kier molecular flexibility index (Phi) is 8.03. The van der Waals surface area contributed by atoms with Crippen LogP contribution in [0.3, 0.4) is 0 Å². The lowest BCUT2D eigenvalue weighted by molar-refractivity contribution is 0.0532. The highest BCUT2D eigenvalue weighted by Gasteiger charge is 2.39. The molecule has 0 saturated heterocycles. The molecule has 156 valence electrons. The van der Waals surface area contributed by atoms with Crippen LogP contribution in [0.5, 0.6) is 0 Å².